The van der Waals surface area contributed by atoms with E-state index in [1.807, 2.05) is 30.3 Å². The number of rotatable bonds is 3. The van der Waals surface area contributed by atoms with Crippen molar-refractivity contribution in [3.63, 3.8) is 0 Å². The molecule has 2 bridgehead atoms. The molecule has 136 valence electrons. The predicted octanol–water partition coefficient (Wildman–Crippen LogP) is 3.57. The summed E-state index contributed by atoms with van der Waals surface area (Å²) in [7, 11) is 0. The fourth-order valence-corrected chi connectivity index (χ4v) is 5.19. The summed E-state index contributed by atoms with van der Waals surface area (Å²) < 4.78 is 0. The third kappa shape index (κ3) is 2.41. The number of hydrogen-bond acceptors (Lipinski definition) is 4. The van der Waals surface area contributed by atoms with Crippen LogP contribution in [0.3, 0.4) is 0 Å². The number of imide groups is 1. The van der Waals surface area contributed by atoms with Crippen molar-refractivity contribution in [1.82, 2.24) is 5.06 Å². The summed E-state index contributed by atoms with van der Waals surface area (Å²) in [5, 5.41) is 0.640. The quantitative estimate of drug-likeness (QED) is 0.784. The van der Waals surface area contributed by atoms with E-state index in [0.717, 1.165) is 24.8 Å². The van der Waals surface area contributed by atoms with Gasteiger partial charge in [0.1, 0.15) is 0 Å². The molecule has 5 nitrogen and oxygen atoms in total. The molecule has 0 spiro atoms. The van der Waals surface area contributed by atoms with Crippen LogP contribution in [0.25, 0.3) is 0 Å². The molecule has 1 aliphatic heterocycles. The highest BCUT2D eigenvalue weighted by atomic mass is 16.7. The minimum absolute atomic E-state index is 0.0904. The first-order valence-electron chi connectivity index (χ1n) is 9.39. The highest BCUT2D eigenvalue weighted by molar-refractivity contribution is 6.20. The van der Waals surface area contributed by atoms with Crippen LogP contribution in [0.1, 0.15) is 51.5 Å². The van der Waals surface area contributed by atoms with E-state index in [1.54, 1.807) is 24.3 Å². The second kappa shape index (κ2) is 6.05. The highest BCUT2D eigenvalue weighted by Gasteiger charge is 2.53. The zero-order valence-electron chi connectivity index (χ0n) is 14.7. The first-order valence-corrected chi connectivity index (χ1v) is 9.39. The summed E-state index contributed by atoms with van der Waals surface area (Å²) in [6.07, 6.45) is 3.11. The molecule has 5 heteroatoms. The Hall–Kier alpha value is -2.95. The normalized spacial score (nSPS) is 28.5. The SMILES string of the molecule is O=C(ON1C(=O)c2ccccc2C1=O)[C@H]1[C@@H]2CC[C@@H](C2)[C@H]1c1ccccc1. The Morgan fingerprint density at radius 3 is 2.11 bits per heavy atom. The monoisotopic (exact) mass is 361 g/mol. The molecule has 2 fully saturated rings. The molecule has 2 saturated carbocycles. The molecule has 3 aliphatic rings. The number of hydrogen-bond donors (Lipinski definition) is 0. The van der Waals surface area contributed by atoms with Crippen molar-refractivity contribution in [2.45, 2.75) is 25.2 Å². The van der Waals surface area contributed by atoms with Crippen LogP contribution >= 0.6 is 0 Å². The van der Waals surface area contributed by atoms with Crippen LogP contribution in [-0.2, 0) is 9.63 Å². The molecule has 27 heavy (non-hydrogen) atoms. The standard InChI is InChI=1S/C22H19NO4/c24-20-16-8-4-5-9-17(16)21(25)23(20)27-22(26)19-15-11-10-14(12-15)18(19)13-6-2-1-3-7-13/h1-9,14-15,18-19H,10-12H2/t14-,15+,18+,19-/m0/s1. The van der Waals surface area contributed by atoms with Crippen molar-refractivity contribution >= 4 is 17.8 Å². The van der Waals surface area contributed by atoms with E-state index in [1.165, 1.54) is 0 Å². The third-order valence-electron chi connectivity index (χ3n) is 6.31. The van der Waals surface area contributed by atoms with Gasteiger partial charge in [-0.25, -0.2) is 4.79 Å². The molecule has 0 radical (unpaired) electrons. The van der Waals surface area contributed by atoms with Gasteiger partial charge < -0.3 is 4.84 Å². The molecule has 0 N–H and O–H groups in total. The molecule has 2 aromatic rings. The summed E-state index contributed by atoms with van der Waals surface area (Å²) in [5.41, 5.74) is 1.69. The highest BCUT2D eigenvalue weighted by Crippen LogP contribution is 2.57. The molecule has 0 aromatic heterocycles. The van der Waals surface area contributed by atoms with Gasteiger partial charge in [0.05, 0.1) is 17.0 Å². The number of amides is 2. The second-order valence-electron chi connectivity index (χ2n) is 7.66. The van der Waals surface area contributed by atoms with Crippen LogP contribution in [0.5, 0.6) is 0 Å². The Balaban J connectivity index is 1.41. The van der Waals surface area contributed by atoms with Crippen molar-refractivity contribution < 1.29 is 19.2 Å². The van der Waals surface area contributed by atoms with Crippen LogP contribution < -0.4 is 0 Å². The zero-order valence-corrected chi connectivity index (χ0v) is 14.7. The van der Waals surface area contributed by atoms with Gasteiger partial charge in [-0.05, 0) is 48.8 Å². The molecule has 2 amide bonds. The zero-order chi connectivity index (χ0) is 18.5. The van der Waals surface area contributed by atoms with Crippen LogP contribution in [-0.4, -0.2) is 22.8 Å². The van der Waals surface area contributed by atoms with E-state index in [0.29, 0.717) is 11.0 Å². The summed E-state index contributed by atoms with van der Waals surface area (Å²) in [4.78, 5) is 43.4. The van der Waals surface area contributed by atoms with E-state index in [-0.39, 0.29) is 28.9 Å². The number of fused-ring (bicyclic) bond motifs is 3. The summed E-state index contributed by atoms with van der Waals surface area (Å²) in [6, 6.07) is 16.6. The van der Waals surface area contributed by atoms with Crippen molar-refractivity contribution in [3.05, 3.63) is 71.3 Å². The Morgan fingerprint density at radius 2 is 1.44 bits per heavy atom. The maximum atomic E-state index is 13.0. The van der Waals surface area contributed by atoms with Crippen LogP contribution in [0.15, 0.2) is 54.6 Å². The fourth-order valence-electron chi connectivity index (χ4n) is 5.19. The number of carbonyl (C=O) groups is 3. The van der Waals surface area contributed by atoms with Crippen LogP contribution in [0, 0.1) is 17.8 Å². The minimum Gasteiger partial charge on any atom is -0.329 e. The first-order chi connectivity index (χ1) is 13.1. The molecule has 2 aromatic carbocycles. The van der Waals surface area contributed by atoms with Crippen molar-refractivity contribution in [3.8, 4) is 0 Å². The summed E-state index contributed by atoms with van der Waals surface area (Å²) in [5.74, 6) is -1.11. The van der Waals surface area contributed by atoms with Gasteiger partial charge in [-0.15, -0.1) is 0 Å². The number of hydroxylamine groups is 2. The number of nitrogens with zero attached hydrogens (tertiary/aromatic N) is 1. The summed E-state index contributed by atoms with van der Waals surface area (Å²) in [6.45, 7) is 0. The lowest BCUT2D eigenvalue weighted by molar-refractivity contribution is -0.176. The largest absolute Gasteiger partial charge is 0.337 e. The van der Waals surface area contributed by atoms with Gasteiger partial charge in [0.15, 0.2) is 0 Å². The van der Waals surface area contributed by atoms with Crippen molar-refractivity contribution in [1.29, 1.82) is 0 Å². The number of carbonyl (C=O) groups excluding carboxylic acids is 3. The van der Waals surface area contributed by atoms with Gasteiger partial charge in [-0.2, -0.15) is 0 Å². The van der Waals surface area contributed by atoms with Gasteiger partial charge in [-0.1, -0.05) is 47.5 Å². The van der Waals surface area contributed by atoms with Crippen LogP contribution in [0.4, 0.5) is 0 Å². The smallest absolute Gasteiger partial charge is 0.329 e. The van der Waals surface area contributed by atoms with Crippen LogP contribution in [0.2, 0.25) is 0 Å². The Labute approximate surface area is 156 Å². The first kappa shape index (κ1) is 16.2. The molecular weight excluding hydrogens is 342 g/mol. The van der Waals surface area contributed by atoms with E-state index < -0.39 is 17.8 Å². The average Bonchev–Trinajstić information content (AvgIpc) is 3.38. The maximum Gasteiger partial charge on any atom is 0.337 e. The van der Waals surface area contributed by atoms with Gasteiger partial charge >= 0.3 is 5.97 Å². The Bertz CT molecular complexity index is 903. The van der Waals surface area contributed by atoms with Crippen molar-refractivity contribution in [2.24, 2.45) is 17.8 Å². The molecule has 5 rings (SSSR count). The number of benzene rings is 2. The summed E-state index contributed by atoms with van der Waals surface area (Å²) >= 11 is 0. The van der Waals surface area contributed by atoms with Crippen molar-refractivity contribution in [2.75, 3.05) is 0 Å². The molecule has 2 aliphatic carbocycles. The van der Waals surface area contributed by atoms with Gasteiger partial charge in [0.2, 0.25) is 0 Å². The lowest BCUT2D eigenvalue weighted by atomic mass is 9.75. The Kier molecular flexibility index (Phi) is 3.64. The van der Waals surface area contributed by atoms with Gasteiger partial charge in [-0.3, -0.25) is 9.59 Å². The lowest BCUT2D eigenvalue weighted by Gasteiger charge is -2.30. The molecule has 1 heterocycles. The van der Waals surface area contributed by atoms with Gasteiger partial charge in [0, 0.05) is 5.92 Å². The Morgan fingerprint density at radius 1 is 0.852 bits per heavy atom. The predicted molar refractivity (Wildman–Crippen MR) is 96.5 cm³/mol. The minimum atomic E-state index is -0.566. The third-order valence-corrected chi connectivity index (χ3v) is 6.31. The molecule has 4 atom stereocenters. The van der Waals surface area contributed by atoms with Gasteiger partial charge in [0.25, 0.3) is 11.8 Å². The topological polar surface area (TPSA) is 63.7 Å². The van der Waals surface area contributed by atoms with E-state index in [2.05, 4.69) is 0 Å². The average molecular weight is 361 g/mol. The van der Waals surface area contributed by atoms with E-state index in [4.69, 9.17) is 4.84 Å². The van der Waals surface area contributed by atoms with E-state index >= 15 is 0 Å². The fraction of sp³-hybridized carbons (Fsp3) is 0.318. The molecule has 0 saturated heterocycles. The molecule has 0 unspecified atom stereocenters. The van der Waals surface area contributed by atoms with E-state index in [9.17, 15) is 14.4 Å². The molecular formula is C22H19NO4. The lowest BCUT2D eigenvalue weighted by Crippen LogP contribution is -2.38. The second-order valence-corrected chi connectivity index (χ2v) is 7.66. The maximum absolute atomic E-state index is 13.0.